The van der Waals surface area contributed by atoms with E-state index in [1.165, 1.54) is 87.3 Å². The molecule has 11 aromatic rings. The second-order valence-corrected chi connectivity index (χ2v) is 19.7. The van der Waals surface area contributed by atoms with Crippen molar-refractivity contribution in [2.45, 2.75) is 20.6 Å². The van der Waals surface area contributed by atoms with Crippen molar-refractivity contribution in [3.8, 4) is 44.9 Å². The van der Waals surface area contributed by atoms with E-state index >= 15 is 0 Å². The van der Waals surface area contributed by atoms with E-state index in [-0.39, 0.29) is 0 Å². The standard InChI is InChI=1S/C66H41NOS/c1-2-17-42(18-3-1)43-33-34-45-40-46(36-35-44(45)39-43)67(47-37-38-53-50(41-47)48-19-4-6-21-51(48)65(53)54-23-8-12-29-60(54)68-61-30-13-9-24-55(61)65)59-28-16-27-58-64(59)49-20-5-7-22-52(49)66(58)56-25-10-14-31-62(56)69-63-32-15-11-26-57(63)66/h1-41H. The highest BCUT2D eigenvalue weighted by Gasteiger charge is 2.53. The number of hydrogen-bond donors (Lipinski definition) is 0. The maximum absolute atomic E-state index is 6.69. The van der Waals surface area contributed by atoms with Crippen LogP contribution in [0.15, 0.2) is 259 Å². The average Bonchev–Trinajstić information content (AvgIpc) is 3.87. The smallest absolute Gasteiger partial charge is 0.132 e. The lowest BCUT2D eigenvalue weighted by atomic mass is 9.66. The lowest BCUT2D eigenvalue weighted by Crippen LogP contribution is -2.32. The van der Waals surface area contributed by atoms with Gasteiger partial charge in [-0.15, -0.1) is 0 Å². The highest BCUT2D eigenvalue weighted by atomic mass is 32.2. The number of hydrogen-bond acceptors (Lipinski definition) is 3. The van der Waals surface area contributed by atoms with Crippen molar-refractivity contribution in [2.75, 3.05) is 4.90 Å². The first-order chi connectivity index (χ1) is 34.2. The van der Waals surface area contributed by atoms with Gasteiger partial charge in [-0.1, -0.05) is 200 Å². The quantitative estimate of drug-likeness (QED) is 0.175. The van der Waals surface area contributed by atoms with Gasteiger partial charge in [0.25, 0.3) is 0 Å². The Hall–Kier alpha value is -8.37. The molecule has 69 heavy (non-hydrogen) atoms. The summed E-state index contributed by atoms with van der Waals surface area (Å²) in [6, 6.07) is 92.4. The van der Waals surface area contributed by atoms with Crippen LogP contribution in [0.3, 0.4) is 0 Å². The van der Waals surface area contributed by atoms with Crippen LogP contribution in [-0.2, 0) is 10.8 Å². The second kappa shape index (κ2) is 14.6. The van der Waals surface area contributed by atoms with Crippen LogP contribution in [0.2, 0.25) is 0 Å². The van der Waals surface area contributed by atoms with Gasteiger partial charge in [-0.2, -0.15) is 0 Å². The zero-order chi connectivity index (χ0) is 45.3. The molecule has 0 bridgehead atoms. The van der Waals surface area contributed by atoms with Gasteiger partial charge >= 0.3 is 0 Å². The summed E-state index contributed by atoms with van der Waals surface area (Å²) in [5.74, 6) is 1.79. The van der Waals surface area contributed by atoms with Crippen molar-refractivity contribution < 1.29 is 4.74 Å². The van der Waals surface area contributed by atoms with E-state index in [0.717, 1.165) is 39.7 Å². The Balaban J connectivity index is 1.01. The Morgan fingerprint density at radius 1 is 0.319 bits per heavy atom. The molecule has 0 fully saturated rings. The highest BCUT2D eigenvalue weighted by molar-refractivity contribution is 7.99. The van der Waals surface area contributed by atoms with E-state index in [1.54, 1.807) is 0 Å². The molecule has 0 amide bonds. The van der Waals surface area contributed by atoms with Gasteiger partial charge in [0.2, 0.25) is 0 Å². The van der Waals surface area contributed by atoms with Crippen LogP contribution in [0.25, 0.3) is 44.2 Å². The van der Waals surface area contributed by atoms with E-state index in [2.05, 4.69) is 254 Å². The topological polar surface area (TPSA) is 12.5 Å². The van der Waals surface area contributed by atoms with Crippen LogP contribution < -0.4 is 9.64 Å². The summed E-state index contributed by atoms with van der Waals surface area (Å²) in [4.78, 5) is 5.13. The molecule has 0 aromatic heterocycles. The molecule has 0 saturated carbocycles. The minimum atomic E-state index is -0.556. The molecule has 3 heteroatoms. The fourth-order valence-corrected chi connectivity index (χ4v) is 13.9. The Bertz CT molecular complexity index is 3850. The molecule has 2 nitrogen and oxygen atoms in total. The maximum Gasteiger partial charge on any atom is 0.132 e. The van der Waals surface area contributed by atoms with Crippen molar-refractivity contribution in [3.63, 3.8) is 0 Å². The Kier molecular flexibility index (Phi) is 8.17. The number of nitrogens with zero attached hydrogens (tertiary/aromatic N) is 1. The lowest BCUT2D eigenvalue weighted by Gasteiger charge is -2.40. The van der Waals surface area contributed by atoms with Crippen molar-refractivity contribution in [3.05, 3.63) is 293 Å². The van der Waals surface area contributed by atoms with Gasteiger partial charge in [0, 0.05) is 37.9 Å². The monoisotopic (exact) mass is 895 g/mol. The fourth-order valence-electron chi connectivity index (χ4n) is 12.7. The minimum absolute atomic E-state index is 0.504. The van der Waals surface area contributed by atoms with Crippen molar-refractivity contribution >= 4 is 39.6 Å². The number of para-hydroxylation sites is 2. The van der Waals surface area contributed by atoms with E-state index in [9.17, 15) is 0 Å². The SMILES string of the molecule is c1ccc(-c2ccc3cc(N(c4ccc5c(c4)-c4ccccc4C54c5ccccc5Oc5ccccc54)c4cccc5c4-c4ccccc4C54c5ccccc5Sc5ccccc54)ccc3c2)cc1. The van der Waals surface area contributed by atoms with Gasteiger partial charge in [0.1, 0.15) is 11.5 Å². The summed E-state index contributed by atoms with van der Waals surface area (Å²) in [7, 11) is 0. The summed E-state index contributed by atoms with van der Waals surface area (Å²) in [5.41, 5.74) is 19.9. The Labute approximate surface area is 405 Å². The molecule has 2 aliphatic heterocycles. The first-order valence-corrected chi connectivity index (χ1v) is 24.6. The average molecular weight is 896 g/mol. The van der Waals surface area contributed by atoms with Gasteiger partial charge in [0.15, 0.2) is 0 Å². The number of ether oxygens (including phenoxy) is 1. The molecule has 0 atom stereocenters. The molecule has 0 radical (unpaired) electrons. The molecule has 11 aromatic carbocycles. The lowest BCUT2D eigenvalue weighted by molar-refractivity contribution is 0.436. The van der Waals surface area contributed by atoms with Crippen molar-refractivity contribution in [2.24, 2.45) is 0 Å². The molecular weight excluding hydrogens is 855 g/mol. The van der Waals surface area contributed by atoms with Gasteiger partial charge in [-0.25, -0.2) is 0 Å². The molecule has 0 saturated heterocycles. The maximum atomic E-state index is 6.69. The molecule has 15 rings (SSSR count). The molecule has 2 aliphatic carbocycles. The van der Waals surface area contributed by atoms with Crippen LogP contribution >= 0.6 is 11.8 Å². The van der Waals surface area contributed by atoms with Crippen molar-refractivity contribution in [1.82, 2.24) is 0 Å². The normalized spacial score (nSPS) is 14.4. The summed E-state index contributed by atoms with van der Waals surface area (Å²) in [5, 5.41) is 2.40. The van der Waals surface area contributed by atoms with Crippen LogP contribution in [-0.4, -0.2) is 0 Å². The molecule has 0 N–H and O–H groups in total. The van der Waals surface area contributed by atoms with Crippen LogP contribution in [0.5, 0.6) is 11.5 Å². The first-order valence-electron chi connectivity index (χ1n) is 23.8. The summed E-state index contributed by atoms with van der Waals surface area (Å²) in [6.07, 6.45) is 0. The molecule has 0 unspecified atom stereocenters. The molecule has 2 spiro atoms. The predicted octanol–water partition coefficient (Wildman–Crippen LogP) is 17.3. The summed E-state index contributed by atoms with van der Waals surface area (Å²) in [6.45, 7) is 0. The second-order valence-electron chi connectivity index (χ2n) is 18.7. The largest absolute Gasteiger partial charge is 0.457 e. The van der Waals surface area contributed by atoms with Crippen molar-refractivity contribution in [1.29, 1.82) is 0 Å². The third-order valence-electron chi connectivity index (χ3n) is 15.4. The zero-order valence-corrected chi connectivity index (χ0v) is 38.3. The number of anilines is 3. The van der Waals surface area contributed by atoms with Gasteiger partial charge in [0.05, 0.1) is 16.5 Å². The van der Waals surface area contributed by atoms with E-state index in [0.29, 0.717) is 0 Å². The molecule has 322 valence electrons. The highest BCUT2D eigenvalue weighted by Crippen LogP contribution is 2.66. The Morgan fingerprint density at radius 3 is 1.55 bits per heavy atom. The van der Waals surface area contributed by atoms with Gasteiger partial charge < -0.3 is 9.64 Å². The number of benzene rings is 11. The third-order valence-corrected chi connectivity index (χ3v) is 16.5. The third kappa shape index (κ3) is 5.23. The number of rotatable bonds is 4. The summed E-state index contributed by atoms with van der Waals surface area (Å²) >= 11 is 1.89. The van der Waals surface area contributed by atoms with Gasteiger partial charge in [-0.05, 0) is 133 Å². The van der Waals surface area contributed by atoms with Gasteiger partial charge in [-0.3, -0.25) is 0 Å². The van der Waals surface area contributed by atoms with E-state index < -0.39 is 10.8 Å². The molecule has 2 heterocycles. The molecule has 4 aliphatic rings. The van der Waals surface area contributed by atoms with E-state index in [4.69, 9.17) is 4.74 Å². The number of fused-ring (bicyclic) bond motifs is 19. The van der Waals surface area contributed by atoms with E-state index in [1.807, 2.05) is 11.8 Å². The Morgan fingerprint density at radius 2 is 0.826 bits per heavy atom. The predicted molar refractivity (Wildman–Crippen MR) is 283 cm³/mol. The van der Waals surface area contributed by atoms with Crippen LogP contribution in [0.1, 0.15) is 44.5 Å². The van der Waals surface area contributed by atoms with Crippen LogP contribution in [0, 0.1) is 0 Å². The minimum Gasteiger partial charge on any atom is -0.457 e. The first kappa shape index (κ1) is 38.7. The zero-order valence-electron chi connectivity index (χ0n) is 37.4. The summed E-state index contributed by atoms with van der Waals surface area (Å²) < 4.78 is 6.69. The molecular formula is C66H41NOS. The fraction of sp³-hybridized carbons (Fsp3) is 0.0303. The van der Waals surface area contributed by atoms with Crippen LogP contribution in [0.4, 0.5) is 17.1 Å².